The van der Waals surface area contributed by atoms with Gasteiger partial charge in [-0.3, -0.25) is 4.79 Å². The summed E-state index contributed by atoms with van der Waals surface area (Å²) >= 11 is 0. The molecule has 0 fully saturated rings. The van der Waals surface area contributed by atoms with Crippen LogP contribution in [0.15, 0.2) is 0 Å². The number of hydrogen-bond donors (Lipinski definition) is 1. The fourth-order valence-electron chi connectivity index (χ4n) is 1.31. The molecule has 5 heteroatoms. The van der Waals surface area contributed by atoms with E-state index < -0.39 is 20.5 Å². The molecule has 0 rings (SSSR count). The quantitative estimate of drug-likeness (QED) is 0.686. The molecule has 1 amide bonds. The molecule has 4 nitrogen and oxygen atoms in total. The first-order valence-electron chi connectivity index (χ1n) is 3.81. The Morgan fingerprint density at radius 1 is 1.33 bits per heavy atom. The van der Waals surface area contributed by atoms with E-state index in [-0.39, 0.29) is 12.8 Å². The van der Waals surface area contributed by atoms with E-state index in [1.807, 2.05) is 0 Å². The minimum atomic E-state index is -3.40. The van der Waals surface area contributed by atoms with Gasteiger partial charge in [0.2, 0.25) is 5.91 Å². The molecule has 0 atom stereocenters. The largest absolute Gasteiger partial charge is 0.368 e. The van der Waals surface area contributed by atoms with Gasteiger partial charge in [-0.05, 0) is 12.8 Å². The number of nitrogens with two attached hydrogens (primary N) is 1. The molecular weight excluding hydrogens is 178 g/mol. The second-order valence-corrected chi connectivity index (χ2v) is 5.16. The smallest absolute Gasteiger partial charge is 0.238 e. The van der Waals surface area contributed by atoms with Crippen LogP contribution in [0.3, 0.4) is 0 Å². The lowest BCUT2D eigenvalue weighted by molar-refractivity contribution is -0.120. The fraction of sp³-hybridized carbons (Fsp3) is 0.857. The van der Waals surface area contributed by atoms with E-state index in [2.05, 4.69) is 0 Å². The topological polar surface area (TPSA) is 77.2 Å². The van der Waals surface area contributed by atoms with E-state index in [9.17, 15) is 13.2 Å². The number of sulfone groups is 1. The molecule has 0 radical (unpaired) electrons. The third kappa shape index (κ3) is 1.60. The lowest BCUT2D eigenvalue weighted by Crippen LogP contribution is -2.49. The van der Waals surface area contributed by atoms with E-state index in [0.717, 1.165) is 6.26 Å². The third-order valence-corrected chi connectivity index (χ3v) is 4.50. The zero-order valence-electron chi connectivity index (χ0n) is 7.62. The van der Waals surface area contributed by atoms with E-state index in [1.54, 1.807) is 13.8 Å². The molecule has 0 aliphatic carbocycles. The maximum Gasteiger partial charge on any atom is 0.238 e. The Kier molecular flexibility index (Phi) is 3.26. The second-order valence-electron chi connectivity index (χ2n) is 2.84. The van der Waals surface area contributed by atoms with E-state index in [0.29, 0.717) is 0 Å². The average Bonchev–Trinajstić information content (AvgIpc) is 1.87. The Labute approximate surface area is 73.1 Å². The lowest BCUT2D eigenvalue weighted by Gasteiger charge is -2.25. The van der Waals surface area contributed by atoms with Gasteiger partial charge in [0.25, 0.3) is 0 Å². The number of carbonyl (C=O) groups excluding carboxylic acids is 1. The van der Waals surface area contributed by atoms with Crippen molar-refractivity contribution in [1.82, 2.24) is 0 Å². The standard InChI is InChI=1S/C7H15NO3S/c1-4-7(5-2,6(8)9)12(3,10)11/h4-5H2,1-3H3,(H2,8,9). The molecule has 12 heavy (non-hydrogen) atoms. The first kappa shape index (κ1) is 11.4. The maximum atomic E-state index is 11.3. The van der Waals surface area contributed by atoms with Crippen LogP contribution >= 0.6 is 0 Å². The van der Waals surface area contributed by atoms with Gasteiger partial charge in [0.05, 0.1) is 0 Å². The molecule has 0 aromatic heterocycles. The van der Waals surface area contributed by atoms with Crippen LogP contribution in [0, 0.1) is 0 Å². The van der Waals surface area contributed by atoms with Crippen molar-refractivity contribution in [3.05, 3.63) is 0 Å². The molecule has 0 aliphatic heterocycles. The molecule has 0 heterocycles. The number of hydrogen-bond acceptors (Lipinski definition) is 3. The van der Waals surface area contributed by atoms with Gasteiger partial charge < -0.3 is 5.73 Å². The van der Waals surface area contributed by atoms with Gasteiger partial charge in [-0.1, -0.05) is 13.8 Å². The van der Waals surface area contributed by atoms with Crippen molar-refractivity contribution < 1.29 is 13.2 Å². The number of primary amides is 1. The van der Waals surface area contributed by atoms with E-state index in [1.165, 1.54) is 0 Å². The number of rotatable bonds is 4. The van der Waals surface area contributed by atoms with Crippen LogP contribution in [0.25, 0.3) is 0 Å². The molecule has 0 aromatic carbocycles. The molecule has 0 unspecified atom stereocenters. The zero-order chi connectivity index (χ0) is 9.99. The summed E-state index contributed by atoms with van der Waals surface area (Å²) in [5, 5.41) is 0. The molecule has 0 aliphatic rings. The van der Waals surface area contributed by atoms with Gasteiger partial charge >= 0.3 is 0 Å². The molecule has 2 N–H and O–H groups in total. The van der Waals surface area contributed by atoms with Gasteiger partial charge in [-0.25, -0.2) is 8.42 Å². The highest BCUT2D eigenvalue weighted by molar-refractivity contribution is 7.92. The van der Waals surface area contributed by atoms with Crippen LogP contribution in [0.4, 0.5) is 0 Å². The normalized spacial score (nSPS) is 12.9. The Hall–Kier alpha value is -0.580. The summed E-state index contributed by atoms with van der Waals surface area (Å²) in [6.45, 7) is 3.30. The van der Waals surface area contributed by atoms with Crippen molar-refractivity contribution >= 4 is 15.7 Å². The number of amides is 1. The van der Waals surface area contributed by atoms with E-state index in [4.69, 9.17) is 5.73 Å². The molecule has 0 saturated carbocycles. The van der Waals surface area contributed by atoms with Crippen molar-refractivity contribution in [1.29, 1.82) is 0 Å². The molecule has 0 saturated heterocycles. The Morgan fingerprint density at radius 2 is 1.67 bits per heavy atom. The summed E-state index contributed by atoms with van der Waals surface area (Å²) in [6, 6.07) is 0. The van der Waals surface area contributed by atoms with Crippen molar-refractivity contribution in [2.24, 2.45) is 5.73 Å². The number of carbonyl (C=O) groups is 1. The molecule has 0 spiro atoms. The van der Waals surface area contributed by atoms with E-state index >= 15 is 0 Å². The van der Waals surface area contributed by atoms with Crippen LogP contribution in [0.1, 0.15) is 26.7 Å². The molecule has 0 aromatic rings. The summed E-state index contributed by atoms with van der Waals surface area (Å²) in [4.78, 5) is 11.0. The minimum Gasteiger partial charge on any atom is -0.368 e. The van der Waals surface area contributed by atoms with Crippen LogP contribution in [0.2, 0.25) is 0 Å². The minimum absolute atomic E-state index is 0.234. The first-order valence-corrected chi connectivity index (χ1v) is 5.70. The van der Waals surface area contributed by atoms with Crippen molar-refractivity contribution in [2.45, 2.75) is 31.4 Å². The predicted molar refractivity (Wildman–Crippen MR) is 47.4 cm³/mol. The van der Waals surface area contributed by atoms with Crippen LogP contribution < -0.4 is 5.73 Å². The van der Waals surface area contributed by atoms with Gasteiger partial charge in [-0.15, -0.1) is 0 Å². The molecule has 72 valence electrons. The Morgan fingerprint density at radius 3 is 1.67 bits per heavy atom. The second kappa shape index (κ2) is 3.43. The van der Waals surface area contributed by atoms with Crippen molar-refractivity contribution in [3.8, 4) is 0 Å². The van der Waals surface area contributed by atoms with Gasteiger partial charge in [0.15, 0.2) is 9.84 Å². The highest BCUT2D eigenvalue weighted by Crippen LogP contribution is 2.24. The van der Waals surface area contributed by atoms with Crippen LogP contribution in [-0.2, 0) is 14.6 Å². The molecule has 0 bridgehead atoms. The highest BCUT2D eigenvalue weighted by atomic mass is 32.2. The van der Waals surface area contributed by atoms with Crippen molar-refractivity contribution in [3.63, 3.8) is 0 Å². The summed E-state index contributed by atoms with van der Waals surface area (Å²) in [5.74, 6) is -0.755. The molecular formula is C7H15NO3S. The zero-order valence-corrected chi connectivity index (χ0v) is 8.44. The summed E-state index contributed by atoms with van der Waals surface area (Å²) < 4.78 is 21.1. The maximum absolute atomic E-state index is 11.3. The fourth-order valence-corrected chi connectivity index (χ4v) is 2.72. The SMILES string of the molecule is CCC(CC)(C(N)=O)S(C)(=O)=O. The third-order valence-electron chi connectivity index (χ3n) is 2.30. The van der Waals surface area contributed by atoms with Gasteiger partial charge in [0, 0.05) is 6.26 Å². The average molecular weight is 193 g/mol. The monoisotopic (exact) mass is 193 g/mol. The first-order chi connectivity index (χ1) is 5.31. The summed E-state index contributed by atoms with van der Waals surface area (Å²) in [5.41, 5.74) is 5.06. The summed E-state index contributed by atoms with van der Waals surface area (Å²) in [7, 11) is -3.40. The highest BCUT2D eigenvalue weighted by Gasteiger charge is 2.43. The summed E-state index contributed by atoms with van der Waals surface area (Å²) in [6.07, 6.45) is 1.51. The lowest BCUT2D eigenvalue weighted by atomic mass is 10.0. The Bertz CT molecular complexity index is 264. The van der Waals surface area contributed by atoms with Gasteiger partial charge in [-0.2, -0.15) is 0 Å². The predicted octanol–water partition coefficient (Wildman–Crippen LogP) is 0.0751. The van der Waals surface area contributed by atoms with Crippen LogP contribution in [0.5, 0.6) is 0 Å². The van der Waals surface area contributed by atoms with Crippen LogP contribution in [-0.4, -0.2) is 25.3 Å². The van der Waals surface area contributed by atoms with Gasteiger partial charge in [0.1, 0.15) is 4.75 Å². The Balaban J connectivity index is 5.27. The van der Waals surface area contributed by atoms with Crippen molar-refractivity contribution in [2.75, 3.05) is 6.26 Å².